The number of ether oxygens (including phenoxy) is 1. The second-order valence-corrected chi connectivity index (χ2v) is 6.91. The van der Waals surface area contributed by atoms with Crippen LogP contribution in [0.2, 0.25) is 0 Å². The van der Waals surface area contributed by atoms with Crippen molar-refractivity contribution in [3.63, 3.8) is 0 Å². The Labute approximate surface area is 149 Å². The highest BCUT2D eigenvalue weighted by molar-refractivity contribution is 5.81. The Morgan fingerprint density at radius 3 is 2.64 bits per heavy atom. The van der Waals surface area contributed by atoms with Gasteiger partial charge < -0.3 is 15.2 Å². The lowest BCUT2D eigenvalue weighted by Gasteiger charge is -2.21. The Morgan fingerprint density at radius 2 is 2.04 bits per heavy atom. The van der Waals surface area contributed by atoms with Crippen molar-refractivity contribution >= 4 is 11.9 Å². The third kappa shape index (κ3) is 6.16. The van der Waals surface area contributed by atoms with E-state index in [1.165, 1.54) is 0 Å². The van der Waals surface area contributed by atoms with Gasteiger partial charge in [0.2, 0.25) is 5.91 Å². The van der Waals surface area contributed by atoms with Gasteiger partial charge in [-0.2, -0.15) is 0 Å². The number of carbonyl (C=O) groups excluding carboxylic acids is 1. The van der Waals surface area contributed by atoms with Gasteiger partial charge in [0.05, 0.1) is 12.0 Å². The van der Waals surface area contributed by atoms with Gasteiger partial charge in [0.25, 0.3) is 0 Å². The Kier molecular flexibility index (Phi) is 7.44. The van der Waals surface area contributed by atoms with Crippen LogP contribution in [0.3, 0.4) is 0 Å². The predicted molar refractivity (Wildman–Crippen MR) is 96.4 cm³/mol. The van der Waals surface area contributed by atoms with Crippen molar-refractivity contribution in [1.29, 1.82) is 0 Å². The predicted octanol–water partition coefficient (Wildman–Crippen LogP) is 3.09. The van der Waals surface area contributed by atoms with E-state index in [1.807, 2.05) is 38.1 Å². The zero-order chi connectivity index (χ0) is 18.2. The average molecular weight is 347 g/mol. The minimum absolute atomic E-state index is 0.118. The molecule has 2 atom stereocenters. The lowest BCUT2D eigenvalue weighted by atomic mass is 9.98. The Bertz CT molecular complexity index is 581. The number of amides is 1. The summed E-state index contributed by atoms with van der Waals surface area (Å²) < 4.78 is 5.89. The van der Waals surface area contributed by atoms with Crippen LogP contribution in [-0.4, -0.2) is 35.7 Å². The minimum Gasteiger partial charge on any atom is -0.481 e. The number of nitrogens with one attached hydrogen (secondary N) is 1. The van der Waals surface area contributed by atoms with Gasteiger partial charge in [-0.1, -0.05) is 49.6 Å². The molecule has 5 nitrogen and oxygen atoms in total. The summed E-state index contributed by atoms with van der Waals surface area (Å²) in [5.74, 6) is -1.74. The zero-order valence-corrected chi connectivity index (χ0v) is 15.2. The van der Waals surface area contributed by atoms with Crippen molar-refractivity contribution in [1.82, 2.24) is 5.32 Å². The van der Waals surface area contributed by atoms with E-state index in [-0.39, 0.29) is 18.6 Å². The smallest absolute Gasteiger partial charge is 0.308 e. The number of carbonyl (C=O) groups is 2. The van der Waals surface area contributed by atoms with E-state index in [2.05, 4.69) is 5.32 Å². The van der Waals surface area contributed by atoms with Gasteiger partial charge in [-0.05, 0) is 38.2 Å². The van der Waals surface area contributed by atoms with Crippen LogP contribution in [0.15, 0.2) is 24.3 Å². The fraction of sp³-hybridized carbons (Fsp3) is 0.600. The number of carboxylic acid groups (broad SMARTS) is 1. The molecule has 1 aliphatic carbocycles. The summed E-state index contributed by atoms with van der Waals surface area (Å²) in [5.41, 5.74) is 2.07. The van der Waals surface area contributed by atoms with Crippen LogP contribution in [0.5, 0.6) is 0 Å². The molecular formula is C20H29NO4. The number of aryl methyl sites for hydroxylation is 1. The van der Waals surface area contributed by atoms with Crippen LogP contribution in [0, 0.1) is 12.8 Å². The number of aliphatic carboxylic acids is 1. The molecule has 0 aromatic heterocycles. The molecule has 1 aromatic carbocycles. The molecule has 0 radical (unpaired) electrons. The summed E-state index contributed by atoms with van der Waals surface area (Å²) in [4.78, 5) is 23.9. The average Bonchev–Trinajstić information content (AvgIpc) is 3.09. The molecule has 25 heavy (non-hydrogen) atoms. The lowest BCUT2D eigenvalue weighted by Crippen LogP contribution is -2.41. The Hall–Kier alpha value is -1.88. The highest BCUT2D eigenvalue weighted by atomic mass is 16.5. The minimum atomic E-state index is -0.897. The molecule has 1 amide bonds. The van der Waals surface area contributed by atoms with Crippen LogP contribution < -0.4 is 5.32 Å². The number of hydrogen-bond donors (Lipinski definition) is 2. The summed E-state index contributed by atoms with van der Waals surface area (Å²) in [5, 5.41) is 12.2. The third-order valence-corrected chi connectivity index (χ3v) is 4.76. The van der Waals surface area contributed by atoms with E-state index < -0.39 is 18.0 Å². The van der Waals surface area contributed by atoms with E-state index in [1.54, 1.807) is 0 Å². The van der Waals surface area contributed by atoms with E-state index in [0.29, 0.717) is 12.8 Å². The van der Waals surface area contributed by atoms with Crippen molar-refractivity contribution in [2.75, 3.05) is 6.54 Å². The maximum absolute atomic E-state index is 12.4. The largest absolute Gasteiger partial charge is 0.481 e. The second kappa shape index (κ2) is 9.56. The number of carboxylic acids is 1. The molecule has 1 aliphatic rings. The molecule has 0 heterocycles. The standard InChI is InChI=1S/C20H29NO4/c1-3-18(25-17-9-4-5-10-17)19(22)21-13-16(20(23)24)12-15-8-6-7-14(2)11-15/h6-8,11,16-18H,3-5,9-10,12-13H2,1-2H3,(H,21,22)(H,23,24). The monoisotopic (exact) mass is 347 g/mol. The molecule has 2 N–H and O–H groups in total. The summed E-state index contributed by atoms with van der Waals surface area (Å²) in [6.07, 6.45) is 5.00. The van der Waals surface area contributed by atoms with Crippen LogP contribution in [0.4, 0.5) is 0 Å². The molecule has 138 valence electrons. The fourth-order valence-corrected chi connectivity index (χ4v) is 3.31. The van der Waals surface area contributed by atoms with Crippen molar-refractivity contribution in [2.24, 2.45) is 5.92 Å². The molecule has 2 rings (SSSR count). The first-order chi connectivity index (χ1) is 12.0. The molecule has 0 bridgehead atoms. The quantitative estimate of drug-likeness (QED) is 0.720. The Morgan fingerprint density at radius 1 is 1.32 bits per heavy atom. The van der Waals surface area contributed by atoms with Crippen LogP contribution in [0.1, 0.15) is 50.2 Å². The van der Waals surface area contributed by atoms with Gasteiger partial charge in [0, 0.05) is 6.54 Å². The van der Waals surface area contributed by atoms with E-state index in [0.717, 1.165) is 36.8 Å². The molecule has 0 aliphatic heterocycles. The van der Waals surface area contributed by atoms with Gasteiger partial charge in [0.1, 0.15) is 6.10 Å². The normalized spacial score (nSPS) is 17.2. The SMILES string of the molecule is CCC(OC1CCCC1)C(=O)NCC(Cc1cccc(C)c1)C(=O)O. The van der Waals surface area contributed by atoms with Crippen LogP contribution >= 0.6 is 0 Å². The van der Waals surface area contributed by atoms with Gasteiger partial charge in [0.15, 0.2) is 0 Å². The van der Waals surface area contributed by atoms with Gasteiger partial charge in [-0.15, -0.1) is 0 Å². The van der Waals surface area contributed by atoms with Crippen molar-refractivity contribution in [2.45, 2.75) is 64.6 Å². The molecule has 1 fully saturated rings. The molecule has 2 unspecified atom stereocenters. The first-order valence-corrected chi connectivity index (χ1v) is 9.21. The number of hydrogen-bond acceptors (Lipinski definition) is 3. The maximum Gasteiger partial charge on any atom is 0.308 e. The van der Waals surface area contributed by atoms with E-state index in [4.69, 9.17) is 4.74 Å². The summed E-state index contributed by atoms with van der Waals surface area (Å²) in [6, 6.07) is 7.80. The van der Waals surface area contributed by atoms with E-state index >= 15 is 0 Å². The molecule has 0 spiro atoms. The summed E-state index contributed by atoms with van der Waals surface area (Å²) in [6.45, 7) is 4.01. The van der Waals surface area contributed by atoms with Gasteiger partial charge >= 0.3 is 5.97 Å². The number of rotatable bonds is 9. The van der Waals surface area contributed by atoms with Crippen molar-refractivity contribution < 1.29 is 19.4 Å². The second-order valence-electron chi connectivity index (χ2n) is 6.91. The maximum atomic E-state index is 12.4. The third-order valence-electron chi connectivity index (χ3n) is 4.76. The molecule has 1 aromatic rings. The molecule has 5 heteroatoms. The number of benzene rings is 1. The summed E-state index contributed by atoms with van der Waals surface area (Å²) in [7, 11) is 0. The highest BCUT2D eigenvalue weighted by Gasteiger charge is 2.26. The Balaban J connectivity index is 1.88. The van der Waals surface area contributed by atoms with Gasteiger partial charge in [-0.3, -0.25) is 9.59 Å². The van der Waals surface area contributed by atoms with Gasteiger partial charge in [-0.25, -0.2) is 0 Å². The lowest BCUT2D eigenvalue weighted by molar-refractivity contribution is -0.142. The molecule has 0 saturated heterocycles. The van der Waals surface area contributed by atoms with Crippen LogP contribution in [-0.2, 0) is 20.7 Å². The summed E-state index contributed by atoms with van der Waals surface area (Å²) >= 11 is 0. The first-order valence-electron chi connectivity index (χ1n) is 9.21. The highest BCUT2D eigenvalue weighted by Crippen LogP contribution is 2.23. The topological polar surface area (TPSA) is 75.6 Å². The van der Waals surface area contributed by atoms with E-state index in [9.17, 15) is 14.7 Å². The zero-order valence-electron chi connectivity index (χ0n) is 15.2. The van der Waals surface area contributed by atoms with Crippen LogP contribution in [0.25, 0.3) is 0 Å². The fourth-order valence-electron chi connectivity index (χ4n) is 3.31. The molecule has 1 saturated carbocycles. The first kappa shape index (κ1) is 19.4. The van der Waals surface area contributed by atoms with Crippen molar-refractivity contribution in [3.8, 4) is 0 Å². The van der Waals surface area contributed by atoms with Crippen molar-refractivity contribution in [3.05, 3.63) is 35.4 Å². The molecular weight excluding hydrogens is 318 g/mol.